The molecule has 44 heavy (non-hydrogen) atoms. The van der Waals surface area contributed by atoms with Crippen molar-refractivity contribution in [2.24, 2.45) is 0 Å². The van der Waals surface area contributed by atoms with Crippen LogP contribution in [0.3, 0.4) is 0 Å². The third kappa shape index (κ3) is 4.87. The Morgan fingerprint density at radius 1 is 0.455 bits per heavy atom. The fourth-order valence-corrected chi connectivity index (χ4v) is 6.85. The molecule has 0 spiro atoms. The van der Waals surface area contributed by atoms with Crippen LogP contribution in [-0.2, 0) is 0 Å². The van der Waals surface area contributed by atoms with Crippen LogP contribution in [0, 0.1) is 0 Å². The van der Waals surface area contributed by atoms with Crippen molar-refractivity contribution in [2.75, 3.05) is 0 Å². The van der Waals surface area contributed by atoms with E-state index in [1.807, 2.05) is 12.4 Å². The number of hydrogen-bond acceptors (Lipinski definition) is 1. The van der Waals surface area contributed by atoms with E-state index in [9.17, 15) is 0 Å². The molecule has 2 aliphatic rings. The van der Waals surface area contributed by atoms with Crippen molar-refractivity contribution in [1.82, 2.24) is 4.98 Å². The Hall–Kier alpha value is -5.08. The molecule has 0 amide bonds. The summed E-state index contributed by atoms with van der Waals surface area (Å²) in [4.78, 5) is 4.79. The Labute approximate surface area is 259 Å². The molecule has 0 aliphatic heterocycles. The molecule has 2 aromatic heterocycles. The minimum atomic E-state index is 1.07. The van der Waals surface area contributed by atoms with Crippen LogP contribution < -0.4 is 0 Å². The second kappa shape index (κ2) is 11.5. The summed E-state index contributed by atoms with van der Waals surface area (Å²) < 4.78 is 0. The first kappa shape index (κ1) is 26.5. The summed E-state index contributed by atoms with van der Waals surface area (Å²) in [7, 11) is 0. The molecule has 0 N–H and O–H groups in total. The van der Waals surface area contributed by atoms with E-state index in [4.69, 9.17) is 4.98 Å². The van der Waals surface area contributed by atoms with Crippen LogP contribution in [0.1, 0.15) is 36.8 Å². The Balaban J connectivity index is 1.43. The predicted molar refractivity (Wildman–Crippen MR) is 190 cm³/mol. The van der Waals surface area contributed by atoms with Crippen LogP contribution in [0.2, 0.25) is 0 Å². The van der Waals surface area contributed by atoms with Crippen molar-refractivity contribution < 1.29 is 0 Å². The number of aromatic nitrogens is 1. The van der Waals surface area contributed by atoms with Gasteiger partial charge in [-0.3, -0.25) is 0 Å². The minimum absolute atomic E-state index is 1.07. The molecule has 0 saturated heterocycles. The van der Waals surface area contributed by atoms with Gasteiger partial charge in [0, 0.05) is 0 Å². The van der Waals surface area contributed by atoms with E-state index in [0.29, 0.717) is 0 Å². The molecule has 2 heterocycles. The van der Waals surface area contributed by atoms with Gasteiger partial charge in [-0.2, -0.15) is 0 Å². The van der Waals surface area contributed by atoms with Gasteiger partial charge in [0.15, 0.2) is 0 Å². The first-order chi connectivity index (χ1) is 21.8. The van der Waals surface area contributed by atoms with Gasteiger partial charge in [-0.15, -0.1) is 0 Å². The average molecular weight is 562 g/mol. The van der Waals surface area contributed by atoms with Crippen molar-refractivity contribution >= 4 is 39.6 Å². The van der Waals surface area contributed by atoms with E-state index in [1.165, 1.54) is 71.6 Å². The molecular weight excluding hydrogens is 529 g/mol. The third-order valence-electron chi connectivity index (χ3n) is 8.97. The molecule has 0 atom stereocenters. The summed E-state index contributed by atoms with van der Waals surface area (Å²) in [6, 6.07) is 31.3. The molecule has 2 aliphatic carbocycles. The van der Waals surface area contributed by atoms with Gasteiger partial charge in [0.25, 0.3) is 0 Å². The zero-order valence-electron chi connectivity index (χ0n) is 24.7. The molecular formula is C42H32BN. The molecule has 208 valence electrons. The third-order valence-corrected chi connectivity index (χ3v) is 8.97. The van der Waals surface area contributed by atoms with E-state index in [0.717, 1.165) is 31.2 Å². The fraction of sp³-hybridized carbons (Fsp3) is 0.0952. The van der Waals surface area contributed by atoms with Crippen LogP contribution in [0.5, 0.6) is 0 Å². The van der Waals surface area contributed by atoms with Crippen molar-refractivity contribution in [3.8, 4) is 33.4 Å². The zero-order valence-corrected chi connectivity index (χ0v) is 24.7. The first-order valence-corrected chi connectivity index (χ1v) is 15.7. The number of benzene rings is 4. The van der Waals surface area contributed by atoms with Gasteiger partial charge in [-0.1, -0.05) is 0 Å². The summed E-state index contributed by atoms with van der Waals surface area (Å²) in [5.74, 6) is 4.47. The molecule has 1 nitrogen and oxygen atoms in total. The molecule has 0 fully saturated rings. The molecule has 0 unspecified atom stereocenters. The Morgan fingerprint density at radius 2 is 1.07 bits per heavy atom. The first-order valence-electron chi connectivity index (χ1n) is 15.7. The SMILES string of the molecule is b1cc(-c2ccccc2)cc(-c2c3ccccc3c(-c3cncc(C4=CCCC=C4)c3)c3cc(C4=CCCC=C4)ccc23)c1. The summed E-state index contributed by atoms with van der Waals surface area (Å²) in [5, 5.41) is 5.02. The summed E-state index contributed by atoms with van der Waals surface area (Å²) in [6.07, 6.45) is 22.2. The van der Waals surface area contributed by atoms with Crippen LogP contribution in [-0.4, -0.2) is 11.9 Å². The number of nitrogens with zero attached hydrogens (tertiary/aromatic N) is 1. The zero-order chi connectivity index (χ0) is 29.3. The molecule has 0 saturated carbocycles. The normalized spacial score (nSPS) is 14.5. The van der Waals surface area contributed by atoms with E-state index >= 15 is 0 Å². The monoisotopic (exact) mass is 561 g/mol. The van der Waals surface area contributed by atoms with Crippen molar-refractivity contribution in [2.45, 2.75) is 25.7 Å². The van der Waals surface area contributed by atoms with Gasteiger partial charge in [0.1, 0.15) is 0 Å². The molecule has 6 aromatic rings. The summed E-state index contributed by atoms with van der Waals surface area (Å²) >= 11 is 0. The van der Waals surface area contributed by atoms with Gasteiger partial charge < -0.3 is 0 Å². The number of hydrogen-bond donors (Lipinski definition) is 0. The van der Waals surface area contributed by atoms with Crippen LogP contribution in [0.15, 0.2) is 146 Å². The quantitative estimate of drug-likeness (QED) is 0.191. The van der Waals surface area contributed by atoms with Crippen LogP contribution >= 0.6 is 0 Å². The summed E-state index contributed by atoms with van der Waals surface area (Å²) in [6.45, 7) is 2.19. The van der Waals surface area contributed by atoms with Crippen molar-refractivity contribution in [3.63, 3.8) is 0 Å². The predicted octanol–water partition coefficient (Wildman–Crippen LogP) is 11.2. The standard InChI is InChI=1S/C42H32BN/c1-4-12-29(13-5-1)32-20-21-39-40(24-32)42(36-23-35(27-44-28-36)31-16-8-3-9-17-31)38-19-11-10-18-37(38)41(39)34-22-33(25-43-26-34)30-14-6-2-7-15-30/h2,4,6-8,10-28H,1,3,5,9H2. The number of pyridine rings is 1. The van der Waals surface area contributed by atoms with Crippen molar-refractivity contribution in [1.29, 1.82) is 0 Å². The van der Waals surface area contributed by atoms with Gasteiger partial charge >= 0.3 is 254 Å². The van der Waals surface area contributed by atoms with Gasteiger partial charge in [-0.25, -0.2) is 0 Å². The maximum atomic E-state index is 4.79. The van der Waals surface area contributed by atoms with Gasteiger partial charge in [0.2, 0.25) is 0 Å². The second-order valence-electron chi connectivity index (χ2n) is 11.7. The Morgan fingerprint density at radius 3 is 1.80 bits per heavy atom. The maximum absolute atomic E-state index is 4.79. The van der Waals surface area contributed by atoms with Gasteiger partial charge in [-0.05, 0) is 6.42 Å². The van der Waals surface area contributed by atoms with Crippen LogP contribution in [0.25, 0.3) is 66.1 Å². The molecule has 4 aromatic carbocycles. The van der Waals surface area contributed by atoms with E-state index in [-0.39, 0.29) is 0 Å². The Bertz CT molecular complexity index is 2160. The van der Waals surface area contributed by atoms with Crippen molar-refractivity contribution in [3.05, 3.63) is 157 Å². The fourth-order valence-electron chi connectivity index (χ4n) is 6.85. The van der Waals surface area contributed by atoms with E-state index < -0.39 is 0 Å². The Kier molecular flexibility index (Phi) is 6.96. The van der Waals surface area contributed by atoms with E-state index in [2.05, 4.69) is 140 Å². The summed E-state index contributed by atoms with van der Waals surface area (Å²) in [5.41, 5.74) is 12.3. The number of allylic oxidation sites excluding steroid dienone is 8. The van der Waals surface area contributed by atoms with Gasteiger partial charge in [0.05, 0.1) is 0 Å². The number of rotatable bonds is 5. The average Bonchev–Trinajstić information content (AvgIpc) is 3.11. The number of fused-ring (bicyclic) bond motifs is 2. The topological polar surface area (TPSA) is 12.9 Å². The second-order valence-corrected chi connectivity index (χ2v) is 11.7. The van der Waals surface area contributed by atoms with Crippen LogP contribution in [0.4, 0.5) is 0 Å². The molecule has 0 bridgehead atoms. The molecule has 2 heteroatoms. The molecule has 0 radical (unpaired) electrons. The molecule has 8 rings (SSSR count). The van der Waals surface area contributed by atoms with E-state index in [1.54, 1.807) is 0 Å².